The quantitative estimate of drug-likeness (QED) is 0.193. The summed E-state index contributed by atoms with van der Waals surface area (Å²) in [5, 5.41) is 11.9. The number of nitrogens with zero attached hydrogens (tertiary/aromatic N) is 1. The first kappa shape index (κ1) is 30.8. The number of nitrogens with one attached hydrogen (secondary N) is 2. The molecule has 2 rings (SSSR count). The summed E-state index contributed by atoms with van der Waals surface area (Å²) >= 11 is 1.48. The number of benzene rings is 1. The van der Waals surface area contributed by atoms with Gasteiger partial charge in [-0.1, -0.05) is 11.8 Å². The van der Waals surface area contributed by atoms with Gasteiger partial charge in [-0.3, -0.25) is 10.0 Å². The van der Waals surface area contributed by atoms with Crippen molar-refractivity contribution in [2.75, 3.05) is 18.8 Å². The number of thioether (sulfide) groups is 1. The summed E-state index contributed by atoms with van der Waals surface area (Å²) in [6.45, 7) is 11.3. The molecule has 1 aromatic carbocycles. The minimum atomic E-state index is -4.00. The summed E-state index contributed by atoms with van der Waals surface area (Å²) in [6.07, 6.45) is 0.330. The number of ether oxygens (including phenoxy) is 2. The van der Waals surface area contributed by atoms with Gasteiger partial charge >= 0.3 is 6.09 Å². The second kappa shape index (κ2) is 12.9. The standard InChI is InChI=1S/C25H37N3O7S2/c1-18(10-8-7-9-15-26-23(30)35-24(2,3)4)34-19-11-13-20(14-12-19)37(32,33)28-16-17-36-25(5,6)21(28)22(29)27-31/h11-14,18,21,31H,7,9,15-17H2,1-6H3,(H,26,30)(H,27,29)/t18?,21-/m0/s1. The summed E-state index contributed by atoms with van der Waals surface area (Å²) in [7, 11) is -4.00. The van der Waals surface area contributed by atoms with Crippen molar-refractivity contribution in [1.82, 2.24) is 15.1 Å². The van der Waals surface area contributed by atoms with E-state index < -0.39 is 44.5 Å². The number of hydrogen-bond acceptors (Lipinski definition) is 8. The zero-order valence-corrected chi connectivity index (χ0v) is 23.8. The molecule has 0 bridgehead atoms. The molecule has 2 atom stereocenters. The van der Waals surface area contributed by atoms with Crippen molar-refractivity contribution in [3.8, 4) is 17.6 Å². The Morgan fingerprint density at radius 2 is 1.92 bits per heavy atom. The topological polar surface area (TPSA) is 134 Å². The molecule has 3 N–H and O–H groups in total. The van der Waals surface area contributed by atoms with Crippen LogP contribution in [0.1, 0.15) is 54.4 Å². The highest BCUT2D eigenvalue weighted by molar-refractivity contribution is 8.00. The molecule has 1 unspecified atom stereocenters. The number of amides is 2. The van der Waals surface area contributed by atoms with E-state index in [1.165, 1.54) is 23.9 Å². The molecule has 1 saturated heterocycles. The Labute approximate surface area is 223 Å². The molecular weight excluding hydrogens is 518 g/mol. The van der Waals surface area contributed by atoms with Crippen molar-refractivity contribution in [2.45, 2.75) is 81.8 Å². The van der Waals surface area contributed by atoms with Crippen LogP contribution in [-0.2, 0) is 19.6 Å². The van der Waals surface area contributed by atoms with Gasteiger partial charge in [0.15, 0.2) is 6.10 Å². The largest absolute Gasteiger partial charge is 0.478 e. The molecule has 0 saturated carbocycles. The maximum absolute atomic E-state index is 13.3. The van der Waals surface area contributed by atoms with Crippen molar-refractivity contribution < 1.29 is 32.7 Å². The number of sulfonamides is 1. The van der Waals surface area contributed by atoms with Crippen molar-refractivity contribution in [1.29, 1.82) is 0 Å². The highest BCUT2D eigenvalue weighted by Crippen LogP contribution is 2.38. The first-order valence-electron chi connectivity index (χ1n) is 12.0. The number of rotatable bonds is 8. The van der Waals surface area contributed by atoms with E-state index in [4.69, 9.17) is 9.47 Å². The predicted octanol–water partition coefficient (Wildman–Crippen LogP) is 3.15. The first-order valence-corrected chi connectivity index (χ1v) is 14.4. The first-order chi connectivity index (χ1) is 17.2. The predicted molar refractivity (Wildman–Crippen MR) is 142 cm³/mol. The van der Waals surface area contributed by atoms with E-state index in [0.29, 0.717) is 30.9 Å². The Hall–Kier alpha value is -2.46. The van der Waals surface area contributed by atoms with E-state index in [2.05, 4.69) is 17.2 Å². The normalized spacial score (nSPS) is 18.6. The molecule has 1 heterocycles. The van der Waals surface area contributed by atoms with E-state index in [1.54, 1.807) is 59.2 Å². The van der Waals surface area contributed by atoms with Gasteiger partial charge in [0.2, 0.25) is 10.0 Å². The lowest BCUT2D eigenvalue weighted by Crippen LogP contribution is -2.61. The van der Waals surface area contributed by atoms with Gasteiger partial charge in [0, 0.05) is 30.0 Å². The fraction of sp³-hybridized carbons (Fsp3) is 0.600. The number of hydroxylamine groups is 1. The number of unbranched alkanes of at least 4 members (excludes halogenated alkanes) is 1. The maximum atomic E-state index is 13.3. The van der Waals surface area contributed by atoms with Crippen LogP contribution in [0.4, 0.5) is 4.79 Å². The molecule has 0 spiro atoms. The van der Waals surface area contributed by atoms with E-state index in [9.17, 15) is 23.2 Å². The van der Waals surface area contributed by atoms with Gasteiger partial charge in [-0.15, -0.1) is 0 Å². The summed E-state index contributed by atoms with van der Waals surface area (Å²) in [5.41, 5.74) is 1.06. The molecule has 206 valence electrons. The molecule has 0 radical (unpaired) electrons. The fourth-order valence-corrected chi connectivity index (χ4v) is 6.78. The van der Waals surface area contributed by atoms with E-state index >= 15 is 0 Å². The third-order valence-electron chi connectivity index (χ3n) is 5.29. The maximum Gasteiger partial charge on any atom is 0.407 e. The SMILES string of the molecule is CC(C#CCCCNC(=O)OC(C)(C)C)Oc1ccc(S(=O)(=O)N2CCSC(C)(C)[C@@H]2C(=O)NO)cc1. The number of carbonyl (C=O) groups is 2. The van der Waals surface area contributed by atoms with E-state index in [-0.39, 0.29) is 11.4 Å². The minimum Gasteiger partial charge on any atom is -0.478 e. The summed E-state index contributed by atoms with van der Waals surface area (Å²) in [4.78, 5) is 24.0. The molecule has 12 heteroatoms. The minimum absolute atomic E-state index is 0.0227. The summed E-state index contributed by atoms with van der Waals surface area (Å²) in [5.74, 6) is 6.18. The molecule has 1 aliphatic heterocycles. The van der Waals surface area contributed by atoms with Crippen LogP contribution in [0, 0.1) is 11.8 Å². The second-order valence-electron chi connectivity index (χ2n) is 10.0. The van der Waals surface area contributed by atoms with Crippen LogP contribution in [-0.4, -0.2) is 71.3 Å². The number of alkyl carbamates (subject to hydrolysis) is 1. The Kier molecular flexibility index (Phi) is 10.7. The van der Waals surface area contributed by atoms with Gasteiger partial charge in [-0.05, 0) is 72.2 Å². The van der Waals surface area contributed by atoms with E-state index in [0.717, 1.165) is 4.31 Å². The van der Waals surface area contributed by atoms with Crippen LogP contribution in [0.5, 0.6) is 5.75 Å². The Morgan fingerprint density at radius 3 is 2.51 bits per heavy atom. The van der Waals surface area contributed by atoms with Gasteiger partial charge in [0.25, 0.3) is 5.91 Å². The molecule has 1 aliphatic rings. The molecular formula is C25H37N3O7S2. The van der Waals surface area contributed by atoms with Crippen molar-refractivity contribution in [3.05, 3.63) is 24.3 Å². The third-order valence-corrected chi connectivity index (χ3v) is 8.52. The summed E-state index contributed by atoms with van der Waals surface area (Å²) < 4.78 is 38.0. The summed E-state index contributed by atoms with van der Waals surface area (Å²) in [6, 6.07) is 4.87. The van der Waals surface area contributed by atoms with Crippen molar-refractivity contribution >= 4 is 33.8 Å². The smallest absolute Gasteiger partial charge is 0.407 e. The molecule has 37 heavy (non-hydrogen) atoms. The monoisotopic (exact) mass is 555 g/mol. The van der Waals surface area contributed by atoms with Crippen LogP contribution < -0.4 is 15.5 Å². The average Bonchev–Trinajstić information content (AvgIpc) is 2.79. The van der Waals surface area contributed by atoms with Crippen molar-refractivity contribution in [3.63, 3.8) is 0 Å². The molecule has 1 fully saturated rings. The Bertz CT molecular complexity index is 1100. The zero-order chi connectivity index (χ0) is 27.9. The number of hydrogen-bond donors (Lipinski definition) is 3. The van der Waals surface area contributed by atoms with Gasteiger partial charge in [0.1, 0.15) is 17.4 Å². The highest BCUT2D eigenvalue weighted by Gasteiger charge is 2.48. The lowest BCUT2D eigenvalue weighted by atomic mass is 10.0. The zero-order valence-electron chi connectivity index (χ0n) is 22.2. The Balaban J connectivity index is 1.94. The van der Waals surface area contributed by atoms with Crippen LogP contribution in [0.15, 0.2) is 29.2 Å². The van der Waals surface area contributed by atoms with Gasteiger partial charge < -0.3 is 14.8 Å². The third kappa shape index (κ3) is 9.10. The van der Waals surface area contributed by atoms with Gasteiger partial charge in [-0.2, -0.15) is 16.1 Å². The Morgan fingerprint density at radius 1 is 1.27 bits per heavy atom. The van der Waals surface area contributed by atoms with Crippen LogP contribution in [0.3, 0.4) is 0 Å². The second-order valence-corrected chi connectivity index (χ2v) is 13.7. The lowest BCUT2D eigenvalue weighted by molar-refractivity contribution is -0.134. The molecule has 1 aromatic rings. The van der Waals surface area contributed by atoms with Crippen LogP contribution in [0.2, 0.25) is 0 Å². The molecule has 0 aromatic heterocycles. The molecule has 2 amide bonds. The number of carbonyl (C=O) groups excluding carboxylic acids is 2. The lowest BCUT2D eigenvalue weighted by Gasteiger charge is -2.43. The average molecular weight is 556 g/mol. The highest BCUT2D eigenvalue weighted by atomic mass is 32.2. The fourth-order valence-electron chi connectivity index (χ4n) is 3.68. The van der Waals surface area contributed by atoms with E-state index in [1.807, 2.05) is 0 Å². The van der Waals surface area contributed by atoms with Crippen molar-refractivity contribution in [2.24, 2.45) is 0 Å². The van der Waals surface area contributed by atoms with Gasteiger partial charge in [0.05, 0.1) is 4.90 Å². The molecule has 10 nitrogen and oxygen atoms in total. The van der Waals surface area contributed by atoms with Crippen LogP contribution >= 0.6 is 11.8 Å². The molecule has 0 aliphatic carbocycles. The van der Waals surface area contributed by atoms with Crippen LogP contribution in [0.25, 0.3) is 0 Å². The van der Waals surface area contributed by atoms with Gasteiger partial charge in [-0.25, -0.2) is 18.7 Å².